The lowest BCUT2D eigenvalue weighted by Crippen LogP contribution is -2.25. The molecule has 0 spiro atoms. The summed E-state index contributed by atoms with van der Waals surface area (Å²) in [5.74, 6) is 0. The lowest BCUT2D eigenvalue weighted by molar-refractivity contribution is 0.536. The standard InChI is InChI=1S/C18H20ClN/c1-12-7-13(2)9-14(8-12)11-20-18-16-6-4-3-5-15(16)10-17(18)19/h3-9,17-18,20H,10-11H2,1-2H3. The first-order valence-electron chi connectivity index (χ1n) is 7.16. The monoisotopic (exact) mass is 285 g/mol. The number of aryl methyl sites for hydroxylation is 2. The zero-order chi connectivity index (χ0) is 14.1. The van der Waals surface area contributed by atoms with Crippen LogP contribution in [0.1, 0.15) is 33.9 Å². The minimum Gasteiger partial charge on any atom is -0.305 e. The van der Waals surface area contributed by atoms with E-state index in [-0.39, 0.29) is 11.4 Å². The molecule has 0 saturated carbocycles. The third kappa shape index (κ3) is 2.74. The molecule has 0 heterocycles. The summed E-state index contributed by atoms with van der Waals surface area (Å²) in [5.41, 5.74) is 6.70. The molecule has 0 aliphatic heterocycles. The molecule has 2 aromatic rings. The Balaban J connectivity index is 1.75. The predicted molar refractivity (Wildman–Crippen MR) is 85.3 cm³/mol. The van der Waals surface area contributed by atoms with Gasteiger partial charge in [-0.2, -0.15) is 0 Å². The zero-order valence-corrected chi connectivity index (χ0v) is 12.7. The molecule has 0 aromatic heterocycles. The van der Waals surface area contributed by atoms with E-state index in [1.807, 2.05) is 0 Å². The maximum Gasteiger partial charge on any atom is 0.0571 e. The molecule has 0 saturated heterocycles. The molecule has 0 bridgehead atoms. The molecule has 1 aliphatic rings. The number of rotatable bonds is 3. The third-order valence-corrected chi connectivity index (χ3v) is 4.38. The minimum absolute atomic E-state index is 0.151. The fraction of sp³-hybridized carbons (Fsp3) is 0.333. The van der Waals surface area contributed by atoms with Gasteiger partial charge in [-0.1, -0.05) is 53.6 Å². The van der Waals surface area contributed by atoms with E-state index in [9.17, 15) is 0 Å². The highest BCUT2D eigenvalue weighted by Crippen LogP contribution is 2.34. The number of fused-ring (bicyclic) bond motifs is 1. The van der Waals surface area contributed by atoms with Gasteiger partial charge in [0.15, 0.2) is 0 Å². The second-order valence-corrected chi connectivity index (χ2v) is 6.33. The molecule has 20 heavy (non-hydrogen) atoms. The summed E-state index contributed by atoms with van der Waals surface area (Å²) in [6.07, 6.45) is 0.961. The summed E-state index contributed by atoms with van der Waals surface area (Å²) in [5, 5.41) is 3.78. The highest BCUT2D eigenvalue weighted by molar-refractivity contribution is 6.21. The lowest BCUT2D eigenvalue weighted by atomic mass is 10.1. The van der Waals surface area contributed by atoms with Crippen LogP contribution >= 0.6 is 11.6 Å². The van der Waals surface area contributed by atoms with Crippen LogP contribution in [0.3, 0.4) is 0 Å². The van der Waals surface area contributed by atoms with Gasteiger partial charge in [-0.05, 0) is 37.0 Å². The fourth-order valence-corrected chi connectivity index (χ4v) is 3.57. The number of hydrogen-bond acceptors (Lipinski definition) is 1. The smallest absolute Gasteiger partial charge is 0.0571 e. The Bertz CT molecular complexity index is 600. The van der Waals surface area contributed by atoms with Crippen LogP contribution in [-0.4, -0.2) is 5.38 Å². The number of halogens is 1. The first kappa shape index (κ1) is 13.7. The first-order chi connectivity index (χ1) is 9.63. The molecule has 2 unspecified atom stereocenters. The number of hydrogen-bond donors (Lipinski definition) is 1. The Kier molecular flexibility index (Phi) is 3.82. The molecule has 1 N–H and O–H groups in total. The second kappa shape index (κ2) is 5.59. The molecule has 0 amide bonds. The molecular weight excluding hydrogens is 266 g/mol. The van der Waals surface area contributed by atoms with E-state index < -0.39 is 0 Å². The molecule has 104 valence electrons. The van der Waals surface area contributed by atoms with Crippen LogP contribution in [0, 0.1) is 13.8 Å². The number of nitrogens with one attached hydrogen (secondary N) is 1. The van der Waals surface area contributed by atoms with Crippen molar-refractivity contribution in [3.05, 3.63) is 70.3 Å². The quantitative estimate of drug-likeness (QED) is 0.829. The summed E-state index contributed by atoms with van der Waals surface area (Å²) in [4.78, 5) is 0. The summed E-state index contributed by atoms with van der Waals surface area (Å²) in [6, 6.07) is 15.5. The fourth-order valence-electron chi connectivity index (χ4n) is 3.18. The summed E-state index contributed by atoms with van der Waals surface area (Å²) in [7, 11) is 0. The van der Waals surface area contributed by atoms with Crippen LogP contribution < -0.4 is 5.32 Å². The van der Waals surface area contributed by atoms with Gasteiger partial charge >= 0.3 is 0 Å². The van der Waals surface area contributed by atoms with Gasteiger partial charge in [-0.25, -0.2) is 0 Å². The van der Waals surface area contributed by atoms with Crippen molar-refractivity contribution >= 4 is 11.6 Å². The normalized spacial score (nSPS) is 20.9. The molecule has 0 fully saturated rings. The van der Waals surface area contributed by atoms with Crippen LogP contribution in [0.4, 0.5) is 0 Å². The van der Waals surface area contributed by atoms with E-state index in [2.05, 4.69) is 61.6 Å². The van der Waals surface area contributed by atoms with Gasteiger partial charge in [0.1, 0.15) is 0 Å². The van der Waals surface area contributed by atoms with E-state index in [0.717, 1.165) is 13.0 Å². The van der Waals surface area contributed by atoms with Crippen molar-refractivity contribution in [3.8, 4) is 0 Å². The van der Waals surface area contributed by atoms with E-state index in [4.69, 9.17) is 11.6 Å². The zero-order valence-electron chi connectivity index (χ0n) is 12.0. The summed E-state index contributed by atoms with van der Waals surface area (Å²) >= 11 is 6.51. The van der Waals surface area contributed by atoms with Crippen molar-refractivity contribution in [2.24, 2.45) is 0 Å². The third-order valence-electron chi connectivity index (χ3n) is 3.97. The summed E-state index contributed by atoms with van der Waals surface area (Å²) in [6.45, 7) is 5.15. The lowest BCUT2D eigenvalue weighted by Gasteiger charge is -2.18. The minimum atomic E-state index is 0.151. The molecule has 0 radical (unpaired) electrons. The van der Waals surface area contributed by atoms with Gasteiger partial charge in [-0.3, -0.25) is 0 Å². The maximum absolute atomic E-state index is 6.51. The van der Waals surface area contributed by atoms with Gasteiger partial charge in [0.05, 0.1) is 5.38 Å². The summed E-state index contributed by atoms with van der Waals surface area (Å²) < 4.78 is 0. The molecule has 2 heteroatoms. The number of benzene rings is 2. The van der Waals surface area contributed by atoms with Crippen molar-refractivity contribution in [2.75, 3.05) is 0 Å². The van der Waals surface area contributed by atoms with Gasteiger partial charge in [0, 0.05) is 12.6 Å². The Labute approximate surface area is 126 Å². The van der Waals surface area contributed by atoms with Crippen LogP contribution in [0.2, 0.25) is 0 Å². The molecule has 3 rings (SSSR count). The van der Waals surface area contributed by atoms with Crippen LogP contribution in [0.25, 0.3) is 0 Å². The van der Waals surface area contributed by atoms with E-state index in [0.29, 0.717) is 0 Å². The molecule has 1 nitrogen and oxygen atoms in total. The van der Waals surface area contributed by atoms with Crippen molar-refractivity contribution in [3.63, 3.8) is 0 Å². The number of alkyl halides is 1. The second-order valence-electron chi connectivity index (χ2n) is 5.77. The Morgan fingerprint density at radius 3 is 2.55 bits per heavy atom. The SMILES string of the molecule is Cc1cc(C)cc(CNC2c3ccccc3CC2Cl)c1. The van der Waals surface area contributed by atoms with Crippen molar-refractivity contribution in [2.45, 2.75) is 38.2 Å². The van der Waals surface area contributed by atoms with Gasteiger partial charge in [-0.15, -0.1) is 11.6 Å². The Morgan fingerprint density at radius 1 is 1.10 bits per heavy atom. The van der Waals surface area contributed by atoms with Crippen LogP contribution in [0.5, 0.6) is 0 Å². The maximum atomic E-state index is 6.51. The van der Waals surface area contributed by atoms with E-state index in [1.54, 1.807) is 0 Å². The predicted octanol–water partition coefficient (Wildman–Crippen LogP) is 4.30. The Morgan fingerprint density at radius 2 is 1.80 bits per heavy atom. The van der Waals surface area contributed by atoms with Crippen molar-refractivity contribution in [1.82, 2.24) is 5.32 Å². The highest BCUT2D eigenvalue weighted by atomic mass is 35.5. The molecule has 2 atom stereocenters. The average molecular weight is 286 g/mol. The topological polar surface area (TPSA) is 12.0 Å². The molecule has 1 aliphatic carbocycles. The molecule has 2 aromatic carbocycles. The van der Waals surface area contributed by atoms with Gasteiger partial charge in [0.2, 0.25) is 0 Å². The van der Waals surface area contributed by atoms with Crippen LogP contribution in [0.15, 0.2) is 42.5 Å². The van der Waals surface area contributed by atoms with Crippen molar-refractivity contribution < 1.29 is 0 Å². The molecular formula is C18H20ClN. The van der Waals surface area contributed by atoms with Gasteiger partial charge < -0.3 is 5.32 Å². The Hall–Kier alpha value is -1.31. The first-order valence-corrected chi connectivity index (χ1v) is 7.59. The average Bonchev–Trinajstić information content (AvgIpc) is 2.71. The van der Waals surface area contributed by atoms with Crippen LogP contribution in [-0.2, 0) is 13.0 Å². The largest absolute Gasteiger partial charge is 0.305 e. The van der Waals surface area contributed by atoms with Gasteiger partial charge in [0.25, 0.3) is 0 Å². The van der Waals surface area contributed by atoms with E-state index in [1.165, 1.54) is 27.8 Å². The van der Waals surface area contributed by atoms with Crippen molar-refractivity contribution in [1.29, 1.82) is 0 Å². The van der Waals surface area contributed by atoms with E-state index >= 15 is 0 Å². The highest BCUT2D eigenvalue weighted by Gasteiger charge is 2.30.